The van der Waals surface area contributed by atoms with Crippen LogP contribution in [0.4, 0.5) is 0 Å². The highest BCUT2D eigenvalue weighted by Gasteiger charge is 2.51. The van der Waals surface area contributed by atoms with Crippen molar-refractivity contribution in [2.24, 2.45) is 5.92 Å². The molecule has 0 saturated carbocycles. The van der Waals surface area contributed by atoms with Gasteiger partial charge in [-0.3, -0.25) is 4.89 Å². The minimum atomic E-state index is -1.45. The van der Waals surface area contributed by atoms with Crippen LogP contribution < -0.4 is 0 Å². The third-order valence-electron chi connectivity index (χ3n) is 2.74. The second-order valence-corrected chi connectivity index (χ2v) is 4.89. The van der Waals surface area contributed by atoms with E-state index in [4.69, 9.17) is 5.26 Å². The van der Waals surface area contributed by atoms with E-state index < -0.39 is 17.7 Å². The van der Waals surface area contributed by atoms with Crippen molar-refractivity contribution in [1.29, 1.82) is 0 Å². The smallest absolute Gasteiger partial charge is 0.295 e. The Kier molecular flexibility index (Phi) is 3.48. The van der Waals surface area contributed by atoms with E-state index in [0.717, 1.165) is 10.0 Å². The molecule has 1 saturated heterocycles. The first-order valence-electron chi connectivity index (χ1n) is 5.02. The van der Waals surface area contributed by atoms with Crippen LogP contribution in [0.15, 0.2) is 28.7 Å². The molecule has 92 valence electrons. The largest absolute Gasteiger partial charge is 0.351 e. The van der Waals surface area contributed by atoms with Gasteiger partial charge in [0.05, 0.1) is 0 Å². The standard InChI is InChI=1S/C11H11BrO5/c1-11(16-14)9(10(13)15-17-11)6-7-2-4-8(12)5-3-7/h2-5,9,14H,6H2,1H3. The molecular weight excluding hydrogens is 292 g/mol. The van der Waals surface area contributed by atoms with Crippen molar-refractivity contribution < 1.29 is 24.7 Å². The molecule has 1 aromatic rings. The van der Waals surface area contributed by atoms with E-state index in [2.05, 4.69) is 30.6 Å². The maximum atomic E-state index is 11.5. The summed E-state index contributed by atoms with van der Waals surface area (Å²) < 4.78 is 0.952. The molecule has 1 aromatic carbocycles. The molecule has 1 fully saturated rings. The summed E-state index contributed by atoms with van der Waals surface area (Å²) in [6, 6.07) is 7.47. The molecule has 5 nitrogen and oxygen atoms in total. The lowest BCUT2D eigenvalue weighted by Gasteiger charge is -2.20. The number of rotatable bonds is 3. The molecule has 0 aliphatic carbocycles. The average molecular weight is 303 g/mol. The molecule has 1 N–H and O–H groups in total. The van der Waals surface area contributed by atoms with Gasteiger partial charge in [-0.25, -0.2) is 10.1 Å². The lowest BCUT2D eigenvalue weighted by molar-refractivity contribution is -0.459. The van der Waals surface area contributed by atoms with Crippen molar-refractivity contribution in [3.05, 3.63) is 34.3 Å². The highest BCUT2D eigenvalue weighted by molar-refractivity contribution is 9.10. The summed E-state index contributed by atoms with van der Waals surface area (Å²) in [5.41, 5.74) is 0.920. The van der Waals surface area contributed by atoms with Crippen LogP contribution >= 0.6 is 15.9 Å². The number of hydrogen-bond donors (Lipinski definition) is 1. The zero-order chi connectivity index (χ0) is 12.5. The summed E-state index contributed by atoms with van der Waals surface area (Å²) in [6.45, 7) is 1.45. The SMILES string of the molecule is CC1(OO)OOC(=O)C1Cc1ccc(Br)cc1. The van der Waals surface area contributed by atoms with Crippen molar-refractivity contribution >= 4 is 21.9 Å². The molecule has 1 aliphatic heterocycles. The van der Waals surface area contributed by atoms with Gasteiger partial charge < -0.3 is 0 Å². The zero-order valence-electron chi connectivity index (χ0n) is 9.05. The minimum absolute atomic E-state index is 0.364. The average Bonchev–Trinajstić information content (AvgIpc) is 2.61. The number of hydrogen-bond acceptors (Lipinski definition) is 5. The number of benzene rings is 1. The molecule has 0 radical (unpaired) electrons. The zero-order valence-corrected chi connectivity index (χ0v) is 10.6. The first-order chi connectivity index (χ1) is 8.05. The molecule has 1 aliphatic rings. The molecule has 0 aromatic heterocycles. The molecule has 0 amide bonds. The van der Waals surface area contributed by atoms with E-state index in [1.165, 1.54) is 6.92 Å². The molecule has 2 unspecified atom stereocenters. The van der Waals surface area contributed by atoms with Crippen LogP contribution in [0.2, 0.25) is 0 Å². The Labute approximate surface area is 106 Å². The Morgan fingerprint density at radius 3 is 2.71 bits per heavy atom. The van der Waals surface area contributed by atoms with Crippen molar-refractivity contribution in [3.8, 4) is 0 Å². The van der Waals surface area contributed by atoms with Crippen molar-refractivity contribution in [2.45, 2.75) is 19.1 Å². The van der Waals surface area contributed by atoms with Crippen LogP contribution in [0.1, 0.15) is 12.5 Å². The molecule has 6 heteroatoms. The quantitative estimate of drug-likeness (QED) is 0.685. The first kappa shape index (κ1) is 12.5. The van der Waals surface area contributed by atoms with Crippen molar-refractivity contribution in [1.82, 2.24) is 0 Å². The fourth-order valence-corrected chi connectivity index (χ4v) is 1.92. The van der Waals surface area contributed by atoms with Crippen molar-refractivity contribution in [3.63, 3.8) is 0 Å². The highest BCUT2D eigenvalue weighted by atomic mass is 79.9. The second kappa shape index (κ2) is 4.73. The van der Waals surface area contributed by atoms with Crippen molar-refractivity contribution in [2.75, 3.05) is 0 Å². The van der Waals surface area contributed by atoms with Gasteiger partial charge in [0, 0.05) is 4.47 Å². The van der Waals surface area contributed by atoms with Crippen LogP contribution in [0, 0.1) is 5.92 Å². The Morgan fingerprint density at radius 1 is 1.47 bits per heavy atom. The van der Waals surface area contributed by atoms with E-state index in [0.29, 0.717) is 6.42 Å². The lowest BCUT2D eigenvalue weighted by atomic mass is 9.93. The van der Waals surface area contributed by atoms with Gasteiger partial charge in [-0.15, -0.1) is 4.89 Å². The van der Waals surface area contributed by atoms with E-state index in [1.807, 2.05) is 24.3 Å². The van der Waals surface area contributed by atoms with E-state index in [9.17, 15) is 4.79 Å². The fraction of sp³-hybridized carbons (Fsp3) is 0.364. The summed E-state index contributed by atoms with van der Waals surface area (Å²) in [6.07, 6.45) is 0.364. The minimum Gasteiger partial charge on any atom is -0.295 e. The monoisotopic (exact) mass is 302 g/mol. The lowest BCUT2D eigenvalue weighted by Crippen LogP contribution is -2.37. The number of carbonyl (C=O) groups excluding carboxylic acids is 1. The van der Waals surface area contributed by atoms with Gasteiger partial charge in [-0.2, -0.15) is 4.89 Å². The normalized spacial score (nSPS) is 28.2. The van der Waals surface area contributed by atoms with E-state index >= 15 is 0 Å². The fourth-order valence-electron chi connectivity index (χ4n) is 1.66. The highest BCUT2D eigenvalue weighted by Crippen LogP contribution is 2.33. The van der Waals surface area contributed by atoms with Gasteiger partial charge in [0.1, 0.15) is 5.92 Å². The van der Waals surface area contributed by atoms with Crippen LogP contribution in [-0.4, -0.2) is 17.0 Å². The second-order valence-electron chi connectivity index (χ2n) is 3.98. The Bertz CT molecular complexity index is 418. The third-order valence-corrected chi connectivity index (χ3v) is 3.27. The molecule has 0 bridgehead atoms. The molecule has 2 atom stereocenters. The van der Waals surface area contributed by atoms with Crippen LogP contribution in [-0.2, 0) is 25.9 Å². The number of halogens is 1. The van der Waals surface area contributed by atoms with E-state index in [-0.39, 0.29) is 0 Å². The summed E-state index contributed by atoms with van der Waals surface area (Å²) in [5, 5.41) is 8.77. The topological polar surface area (TPSA) is 65.0 Å². The van der Waals surface area contributed by atoms with E-state index in [1.54, 1.807) is 0 Å². The predicted octanol–water partition coefficient (Wildman–Crippen LogP) is 2.30. The first-order valence-corrected chi connectivity index (χ1v) is 5.81. The Morgan fingerprint density at radius 2 is 2.12 bits per heavy atom. The molecule has 0 spiro atoms. The van der Waals surface area contributed by atoms with Gasteiger partial charge >= 0.3 is 5.97 Å². The van der Waals surface area contributed by atoms with Gasteiger partial charge in [0.15, 0.2) is 0 Å². The summed E-state index contributed by atoms with van der Waals surface area (Å²) >= 11 is 3.33. The Balaban J connectivity index is 2.16. The summed E-state index contributed by atoms with van der Waals surface area (Å²) in [4.78, 5) is 24.8. The molecular formula is C11H11BrO5. The molecule has 1 heterocycles. The molecule has 2 rings (SSSR count). The van der Waals surface area contributed by atoms with Gasteiger partial charge in [-0.1, -0.05) is 28.1 Å². The third kappa shape index (κ3) is 2.50. The summed E-state index contributed by atoms with van der Waals surface area (Å²) in [5.74, 6) is -2.71. The Hall–Kier alpha value is -0.950. The number of carbonyl (C=O) groups is 1. The van der Waals surface area contributed by atoms with Gasteiger partial charge in [-0.05, 0) is 31.0 Å². The van der Waals surface area contributed by atoms with Crippen LogP contribution in [0.25, 0.3) is 0 Å². The summed E-state index contributed by atoms with van der Waals surface area (Å²) in [7, 11) is 0. The van der Waals surface area contributed by atoms with Gasteiger partial charge in [0.25, 0.3) is 5.79 Å². The molecule has 17 heavy (non-hydrogen) atoms. The maximum absolute atomic E-state index is 11.5. The van der Waals surface area contributed by atoms with Crippen LogP contribution in [0.5, 0.6) is 0 Å². The maximum Gasteiger partial charge on any atom is 0.351 e. The van der Waals surface area contributed by atoms with Crippen LogP contribution in [0.3, 0.4) is 0 Å². The van der Waals surface area contributed by atoms with Gasteiger partial charge in [0.2, 0.25) is 0 Å². The predicted molar refractivity (Wildman–Crippen MR) is 60.6 cm³/mol.